The Hall–Kier alpha value is -3.59. The van der Waals surface area contributed by atoms with E-state index >= 15 is 0 Å². The van der Waals surface area contributed by atoms with Crippen LogP contribution in [0.1, 0.15) is 6.92 Å². The molecule has 4 rings (SSSR count). The lowest BCUT2D eigenvalue weighted by atomic mass is 10.0. The average molecular weight is 531 g/mol. The van der Waals surface area contributed by atoms with Crippen molar-refractivity contribution in [2.45, 2.75) is 13.5 Å². The summed E-state index contributed by atoms with van der Waals surface area (Å²) in [5, 5.41) is 19.8. The minimum Gasteiger partial charge on any atom is -0.506 e. The van der Waals surface area contributed by atoms with Crippen LogP contribution in [0.25, 0.3) is 22.4 Å². The molecule has 0 saturated carbocycles. The molecule has 4 aromatic rings. The van der Waals surface area contributed by atoms with Gasteiger partial charge in [-0.05, 0) is 42.3 Å². The van der Waals surface area contributed by atoms with Gasteiger partial charge in [0.2, 0.25) is 0 Å². The number of aromatic nitrogens is 3. The van der Waals surface area contributed by atoms with Crippen molar-refractivity contribution >= 4 is 52.2 Å². The molecule has 0 unspecified atom stereocenters. The number of carbonyl (C=O) groups excluding carboxylic acids is 1. The van der Waals surface area contributed by atoms with Gasteiger partial charge in [0.1, 0.15) is 11.4 Å². The maximum atomic E-state index is 12.8. The Labute approximate surface area is 215 Å². The highest BCUT2D eigenvalue weighted by Gasteiger charge is 2.15. The van der Waals surface area contributed by atoms with Crippen LogP contribution in [0.4, 0.5) is 16.2 Å². The molecule has 0 aliphatic rings. The van der Waals surface area contributed by atoms with E-state index in [0.717, 1.165) is 11.1 Å². The molecule has 0 aliphatic carbocycles. The first kappa shape index (κ1) is 24.5. The number of aryl methyl sites for hydroxylation is 1. The minimum absolute atomic E-state index is 0.00778. The molecule has 2 heterocycles. The van der Waals surface area contributed by atoms with Crippen molar-refractivity contribution in [1.82, 2.24) is 14.8 Å². The number of hydrogen-bond acceptors (Lipinski definition) is 5. The lowest BCUT2D eigenvalue weighted by Gasteiger charge is -2.13. The fourth-order valence-electron chi connectivity index (χ4n) is 3.33. The summed E-state index contributed by atoms with van der Waals surface area (Å²) < 4.78 is 1.25. The number of pyridine rings is 1. The van der Waals surface area contributed by atoms with Crippen LogP contribution in [0.2, 0.25) is 15.1 Å². The van der Waals surface area contributed by atoms with Crippen LogP contribution >= 0.6 is 34.8 Å². The molecule has 0 fully saturated rings. The summed E-state index contributed by atoms with van der Waals surface area (Å²) in [7, 11) is 0. The number of aromatic hydroxyl groups is 1. The second kappa shape index (κ2) is 10.4. The lowest BCUT2D eigenvalue weighted by molar-refractivity contribution is 0.262. The third-order valence-electron chi connectivity index (χ3n) is 5.05. The van der Waals surface area contributed by atoms with Crippen molar-refractivity contribution in [3.05, 3.63) is 86.3 Å². The van der Waals surface area contributed by atoms with Gasteiger partial charge >= 0.3 is 6.03 Å². The molecule has 8 nitrogen and oxygen atoms in total. The van der Waals surface area contributed by atoms with Crippen LogP contribution in [0.5, 0.6) is 5.75 Å². The predicted octanol–water partition coefficient (Wildman–Crippen LogP) is 6.30. The normalized spacial score (nSPS) is 10.7. The van der Waals surface area contributed by atoms with Gasteiger partial charge in [-0.2, -0.15) is 5.10 Å². The van der Waals surface area contributed by atoms with E-state index in [1.54, 1.807) is 19.1 Å². The molecule has 2 amide bonds. The zero-order valence-corrected chi connectivity index (χ0v) is 20.5. The number of anilines is 2. The van der Waals surface area contributed by atoms with Gasteiger partial charge in [0.25, 0.3) is 5.56 Å². The topological polar surface area (TPSA) is 109 Å². The molecule has 2 aromatic heterocycles. The number of nitrogens with one attached hydrogen (secondary N) is 2. The van der Waals surface area contributed by atoms with Crippen LogP contribution in [0.3, 0.4) is 0 Å². The molecular weight excluding hydrogens is 513 g/mol. The van der Waals surface area contributed by atoms with Crippen molar-refractivity contribution in [1.29, 1.82) is 0 Å². The molecule has 0 saturated heterocycles. The van der Waals surface area contributed by atoms with E-state index < -0.39 is 11.6 Å². The Balaban J connectivity index is 1.68. The van der Waals surface area contributed by atoms with Gasteiger partial charge in [0.15, 0.2) is 0 Å². The maximum Gasteiger partial charge on any atom is 0.323 e. The monoisotopic (exact) mass is 529 g/mol. The molecule has 0 spiro atoms. The molecule has 35 heavy (non-hydrogen) atoms. The van der Waals surface area contributed by atoms with Crippen molar-refractivity contribution < 1.29 is 9.90 Å². The van der Waals surface area contributed by atoms with Crippen LogP contribution in [-0.2, 0) is 6.54 Å². The molecule has 3 N–H and O–H groups in total. The number of rotatable bonds is 5. The summed E-state index contributed by atoms with van der Waals surface area (Å²) in [6.45, 7) is 2.06. The summed E-state index contributed by atoms with van der Waals surface area (Å²) in [5.41, 5.74) is 2.52. The average Bonchev–Trinajstić information content (AvgIpc) is 2.84. The summed E-state index contributed by atoms with van der Waals surface area (Å²) in [6, 6.07) is 13.1. The van der Waals surface area contributed by atoms with E-state index in [-0.39, 0.29) is 38.7 Å². The van der Waals surface area contributed by atoms with Gasteiger partial charge in [-0.15, -0.1) is 0 Å². The van der Waals surface area contributed by atoms with E-state index in [9.17, 15) is 14.7 Å². The zero-order valence-electron chi connectivity index (χ0n) is 18.2. The largest absolute Gasteiger partial charge is 0.506 e. The second-order valence-electron chi connectivity index (χ2n) is 7.37. The van der Waals surface area contributed by atoms with E-state index in [0.29, 0.717) is 11.3 Å². The van der Waals surface area contributed by atoms with Crippen molar-refractivity contribution in [2.24, 2.45) is 0 Å². The fourth-order valence-corrected chi connectivity index (χ4v) is 3.97. The van der Waals surface area contributed by atoms with Gasteiger partial charge in [-0.25, -0.2) is 9.48 Å². The van der Waals surface area contributed by atoms with Gasteiger partial charge < -0.3 is 15.7 Å². The van der Waals surface area contributed by atoms with Gasteiger partial charge in [0.05, 0.1) is 26.4 Å². The Kier molecular flexibility index (Phi) is 7.25. The number of urea groups is 1. The summed E-state index contributed by atoms with van der Waals surface area (Å²) in [5.74, 6) is -0.00778. The van der Waals surface area contributed by atoms with Crippen molar-refractivity contribution in [2.75, 3.05) is 10.6 Å². The SMILES string of the molecule is CCn1nc(-c2cccc(-c3ccc(O)c(Cl)c3)c2)cc(NC(=O)Nc2c(Cl)cncc2Cl)c1=O. The third-order valence-corrected chi connectivity index (χ3v) is 5.93. The molecule has 0 atom stereocenters. The predicted molar refractivity (Wildman–Crippen MR) is 139 cm³/mol. The summed E-state index contributed by atoms with van der Waals surface area (Å²) >= 11 is 18.2. The smallest absolute Gasteiger partial charge is 0.323 e. The van der Waals surface area contributed by atoms with Crippen LogP contribution in [0.15, 0.2) is 65.7 Å². The number of carbonyl (C=O) groups is 1. The first-order chi connectivity index (χ1) is 16.8. The third kappa shape index (κ3) is 5.40. The lowest BCUT2D eigenvalue weighted by Crippen LogP contribution is -2.29. The number of nitrogens with zero attached hydrogens (tertiary/aromatic N) is 3. The summed E-state index contributed by atoms with van der Waals surface area (Å²) in [4.78, 5) is 29.3. The Morgan fingerprint density at radius 3 is 2.31 bits per heavy atom. The van der Waals surface area contributed by atoms with Gasteiger partial charge in [-0.1, -0.05) is 59.1 Å². The minimum atomic E-state index is -0.704. The Morgan fingerprint density at radius 1 is 0.943 bits per heavy atom. The highest BCUT2D eigenvalue weighted by atomic mass is 35.5. The Bertz CT molecular complexity index is 1470. The quantitative estimate of drug-likeness (QED) is 0.280. The molecule has 178 valence electrons. The number of halogens is 3. The highest BCUT2D eigenvalue weighted by molar-refractivity contribution is 6.39. The molecule has 11 heteroatoms. The number of phenols is 1. The summed E-state index contributed by atoms with van der Waals surface area (Å²) in [6.07, 6.45) is 2.68. The molecule has 0 radical (unpaired) electrons. The van der Waals surface area contributed by atoms with Crippen LogP contribution in [0, 0.1) is 0 Å². The second-order valence-corrected chi connectivity index (χ2v) is 8.59. The first-order valence-electron chi connectivity index (χ1n) is 10.3. The number of phenolic OH excluding ortho intramolecular Hbond substituents is 1. The van der Waals surface area contributed by atoms with Crippen LogP contribution in [-0.4, -0.2) is 25.9 Å². The fraction of sp³-hybridized carbons (Fsp3) is 0.0833. The number of hydrogen-bond donors (Lipinski definition) is 3. The molecule has 2 aromatic carbocycles. The molecule has 0 aliphatic heterocycles. The standard InChI is InChI=1S/C24H18Cl3N5O3/c1-2-32-23(34)20(29-24(35)30-22-17(26)11-28-12-18(22)27)10-19(31-32)15-5-3-4-13(8-15)14-6-7-21(33)16(25)9-14/h3-12,33H,2H2,1H3,(H2,28,29,30,35). The first-order valence-corrected chi connectivity index (χ1v) is 11.5. The number of benzene rings is 2. The Morgan fingerprint density at radius 2 is 1.63 bits per heavy atom. The van der Waals surface area contributed by atoms with E-state index in [1.165, 1.54) is 29.2 Å². The molecule has 0 bridgehead atoms. The number of amides is 2. The van der Waals surface area contributed by atoms with E-state index in [4.69, 9.17) is 34.8 Å². The zero-order chi connectivity index (χ0) is 25.1. The van der Waals surface area contributed by atoms with E-state index in [1.807, 2.05) is 24.3 Å². The van der Waals surface area contributed by atoms with Gasteiger partial charge in [-0.3, -0.25) is 9.78 Å². The van der Waals surface area contributed by atoms with Gasteiger partial charge in [0, 0.05) is 24.5 Å². The maximum absolute atomic E-state index is 12.8. The van der Waals surface area contributed by atoms with E-state index in [2.05, 4.69) is 20.7 Å². The van der Waals surface area contributed by atoms with Crippen LogP contribution < -0.4 is 16.2 Å². The van der Waals surface area contributed by atoms with Crippen molar-refractivity contribution in [3.63, 3.8) is 0 Å². The van der Waals surface area contributed by atoms with Crippen molar-refractivity contribution in [3.8, 4) is 28.1 Å². The highest BCUT2D eigenvalue weighted by Crippen LogP contribution is 2.32. The molecular formula is C24H18Cl3N5O3.